The Hall–Kier alpha value is -1.62. The van der Waals surface area contributed by atoms with E-state index in [2.05, 4.69) is 15.6 Å². The van der Waals surface area contributed by atoms with Gasteiger partial charge in [-0.2, -0.15) is 0 Å². The van der Waals surface area contributed by atoms with Crippen molar-refractivity contribution in [1.29, 1.82) is 0 Å². The minimum Gasteiger partial charge on any atom is -0.388 e. The normalized spacial score (nSPS) is 20.4. The number of rotatable bonds is 4. The van der Waals surface area contributed by atoms with Gasteiger partial charge in [0.25, 0.3) is 5.91 Å². The zero-order chi connectivity index (χ0) is 13.0. The van der Waals surface area contributed by atoms with Crippen LogP contribution in [0.2, 0.25) is 0 Å². The molecule has 5 nitrogen and oxygen atoms in total. The van der Waals surface area contributed by atoms with E-state index in [0.717, 1.165) is 25.1 Å². The van der Waals surface area contributed by atoms with E-state index in [9.17, 15) is 4.79 Å². The van der Waals surface area contributed by atoms with Crippen molar-refractivity contribution < 1.29 is 9.53 Å². The Labute approximate surface area is 107 Å². The molecule has 2 N–H and O–H groups in total. The van der Waals surface area contributed by atoms with Gasteiger partial charge in [-0.05, 0) is 31.9 Å². The van der Waals surface area contributed by atoms with Gasteiger partial charge >= 0.3 is 0 Å². The molecule has 0 bridgehead atoms. The van der Waals surface area contributed by atoms with Crippen LogP contribution in [-0.2, 0) is 4.74 Å². The molecule has 0 aromatic carbocycles. The van der Waals surface area contributed by atoms with E-state index in [4.69, 9.17) is 4.74 Å². The van der Waals surface area contributed by atoms with E-state index < -0.39 is 0 Å². The molecule has 1 aliphatic rings. The molecule has 2 rings (SSSR count). The lowest BCUT2D eigenvalue weighted by molar-refractivity contribution is 0.0709. The lowest BCUT2D eigenvalue weighted by atomic mass is 10.1. The van der Waals surface area contributed by atoms with Crippen LogP contribution in [0.3, 0.4) is 0 Å². The molecule has 2 heterocycles. The Kier molecular flexibility index (Phi) is 4.15. The number of anilines is 1. The number of ether oxygens (including phenoxy) is 1. The first-order valence-electron chi connectivity index (χ1n) is 6.27. The smallest absolute Gasteiger partial charge is 0.270 e. The highest BCUT2D eigenvalue weighted by Crippen LogP contribution is 2.16. The summed E-state index contributed by atoms with van der Waals surface area (Å²) in [7, 11) is 1.81. The van der Waals surface area contributed by atoms with Gasteiger partial charge in [-0.15, -0.1) is 0 Å². The largest absolute Gasteiger partial charge is 0.388 e. The zero-order valence-corrected chi connectivity index (χ0v) is 10.8. The molecule has 0 saturated carbocycles. The van der Waals surface area contributed by atoms with Gasteiger partial charge in [0.2, 0.25) is 0 Å². The molecule has 1 aromatic heterocycles. The molecule has 1 saturated heterocycles. The third-order valence-corrected chi connectivity index (χ3v) is 3.16. The van der Waals surface area contributed by atoms with Crippen LogP contribution in [-0.4, -0.2) is 36.7 Å². The summed E-state index contributed by atoms with van der Waals surface area (Å²) in [5.41, 5.74) is 1.30. The van der Waals surface area contributed by atoms with Gasteiger partial charge in [0.05, 0.1) is 12.1 Å². The van der Waals surface area contributed by atoms with Crippen molar-refractivity contribution in [2.45, 2.75) is 31.9 Å². The van der Waals surface area contributed by atoms with Crippen molar-refractivity contribution in [2.75, 3.05) is 19.0 Å². The first-order valence-corrected chi connectivity index (χ1v) is 6.27. The summed E-state index contributed by atoms with van der Waals surface area (Å²) in [5.74, 6) is -0.157. The number of hydrogen-bond acceptors (Lipinski definition) is 4. The summed E-state index contributed by atoms with van der Waals surface area (Å²) in [4.78, 5) is 16.1. The van der Waals surface area contributed by atoms with Crippen LogP contribution in [0.25, 0.3) is 0 Å². The highest BCUT2D eigenvalue weighted by Gasteiger charge is 2.24. The molecule has 1 fully saturated rings. The summed E-state index contributed by atoms with van der Waals surface area (Å²) in [6.45, 7) is 2.76. The number of carbonyl (C=O) groups excluding carboxylic acids is 1. The van der Waals surface area contributed by atoms with E-state index in [-0.39, 0.29) is 18.1 Å². The van der Waals surface area contributed by atoms with Gasteiger partial charge in [0, 0.05) is 25.5 Å². The third-order valence-electron chi connectivity index (χ3n) is 3.16. The van der Waals surface area contributed by atoms with Gasteiger partial charge in [-0.3, -0.25) is 9.78 Å². The van der Waals surface area contributed by atoms with Crippen LogP contribution >= 0.6 is 0 Å². The second kappa shape index (κ2) is 5.82. The monoisotopic (exact) mass is 249 g/mol. The molecule has 98 valence electrons. The molecule has 5 heteroatoms. The van der Waals surface area contributed by atoms with Crippen molar-refractivity contribution >= 4 is 11.6 Å². The second-order valence-corrected chi connectivity index (χ2v) is 4.49. The van der Waals surface area contributed by atoms with Crippen molar-refractivity contribution in [1.82, 2.24) is 10.3 Å². The molecule has 1 aromatic rings. The fraction of sp³-hybridized carbons (Fsp3) is 0.538. The molecular weight excluding hydrogens is 230 g/mol. The SMILES string of the molecule is CNc1ccnc(C(=O)NC(C)C2CCCO2)c1. The van der Waals surface area contributed by atoms with Gasteiger partial charge in [0.1, 0.15) is 5.69 Å². The average molecular weight is 249 g/mol. The maximum absolute atomic E-state index is 12.0. The Bertz CT molecular complexity index is 416. The number of hydrogen-bond donors (Lipinski definition) is 2. The molecule has 1 amide bonds. The molecule has 0 spiro atoms. The summed E-state index contributed by atoms with van der Waals surface area (Å²) in [6.07, 6.45) is 3.82. The van der Waals surface area contributed by atoms with E-state index in [1.807, 2.05) is 20.0 Å². The molecule has 2 atom stereocenters. The van der Waals surface area contributed by atoms with Crippen LogP contribution in [0.5, 0.6) is 0 Å². The van der Waals surface area contributed by atoms with Crippen molar-refractivity contribution in [3.8, 4) is 0 Å². The minimum atomic E-state index is -0.157. The fourth-order valence-corrected chi connectivity index (χ4v) is 2.08. The summed E-state index contributed by atoms with van der Waals surface area (Å²) in [5, 5.41) is 5.92. The first kappa shape index (κ1) is 12.8. The Balaban J connectivity index is 1.97. The molecule has 1 aliphatic heterocycles. The minimum absolute atomic E-state index is 0.0139. The topological polar surface area (TPSA) is 63.2 Å². The second-order valence-electron chi connectivity index (χ2n) is 4.49. The highest BCUT2D eigenvalue weighted by molar-refractivity contribution is 5.93. The zero-order valence-electron chi connectivity index (χ0n) is 10.8. The highest BCUT2D eigenvalue weighted by atomic mass is 16.5. The van der Waals surface area contributed by atoms with Gasteiger partial charge < -0.3 is 15.4 Å². The van der Waals surface area contributed by atoms with Gasteiger partial charge in [-0.1, -0.05) is 0 Å². The third kappa shape index (κ3) is 2.98. The summed E-state index contributed by atoms with van der Waals surface area (Å²) < 4.78 is 5.55. The number of nitrogens with zero attached hydrogens (tertiary/aromatic N) is 1. The molecule has 0 aliphatic carbocycles. The number of nitrogens with one attached hydrogen (secondary N) is 2. The van der Waals surface area contributed by atoms with E-state index in [0.29, 0.717) is 5.69 Å². The van der Waals surface area contributed by atoms with Crippen LogP contribution in [0.1, 0.15) is 30.3 Å². The van der Waals surface area contributed by atoms with E-state index in [1.165, 1.54) is 0 Å². The van der Waals surface area contributed by atoms with Crippen LogP contribution < -0.4 is 10.6 Å². The fourth-order valence-electron chi connectivity index (χ4n) is 2.08. The lowest BCUT2D eigenvalue weighted by Crippen LogP contribution is -2.41. The lowest BCUT2D eigenvalue weighted by Gasteiger charge is -2.19. The predicted molar refractivity (Wildman–Crippen MR) is 69.7 cm³/mol. The average Bonchev–Trinajstić information content (AvgIpc) is 2.92. The Morgan fingerprint density at radius 3 is 3.11 bits per heavy atom. The maximum Gasteiger partial charge on any atom is 0.270 e. The van der Waals surface area contributed by atoms with E-state index in [1.54, 1.807) is 12.3 Å². The van der Waals surface area contributed by atoms with Crippen LogP contribution in [0.15, 0.2) is 18.3 Å². The number of amides is 1. The summed E-state index contributed by atoms with van der Waals surface area (Å²) >= 11 is 0. The van der Waals surface area contributed by atoms with Crippen LogP contribution in [0.4, 0.5) is 5.69 Å². The number of carbonyl (C=O) groups is 1. The quantitative estimate of drug-likeness (QED) is 0.847. The molecule has 2 unspecified atom stereocenters. The van der Waals surface area contributed by atoms with Gasteiger partial charge in [-0.25, -0.2) is 0 Å². The van der Waals surface area contributed by atoms with Crippen molar-refractivity contribution in [3.63, 3.8) is 0 Å². The Morgan fingerprint density at radius 2 is 2.44 bits per heavy atom. The Morgan fingerprint density at radius 1 is 1.61 bits per heavy atom. The molecular formula is C13H19N3O2. The number of pyridine rings is 1. The standard InChI is InChI=1S/C13H19N3O2/c1-9(12-4-3-7-18-12)16-13(17)11-8-10(14-2)5-6-15-11/h5-6,8-9,12H,3-4,7H2,1-2H3,(H,14,15)(H,16,17). The first-order chi connectivity index (χ1) is 8.70. The maximum atomic E-state index is 12.0. The number of aromatic nitrogens is 1. The van der Waals surface area contributed by atoms with E-state index >= 15 is 0 Å². The van der Waals surface area contributed by atoms with Gasteiger partial charge in [0.15, 0.2) is 0 Å². The van der Waals surface area contributed by atoms with Crippen LogP contribution in [0, 0.1) is 0 Å². The molecule has 0 radical (unpaired) electrons. The van der Waals surface area contributed by atoms with Crippen molar-refractivity contribution in [2.24, 2.45) is 0 Å². The molecule has 18 heavy (non-hydrogen) atoms. The summed E-state index contributed by atoms with van der Waals surface area (Å²) in [6, 6.07) is 3.57. The van der Waals surface area contributed by atoms with Crippen molar-refractivity contribution in [3.05, 3.63) is 24.0 Å². The predicted octanol–water partition coefficient (Wildman–Crippen LogP) is 1.42.